The van der Waals surface area contributed by atoms with Gasteiger partial charge in [0.25, 0.3) is 0 Å². The van der Waals surface area contributed by atoms with Crippen molar-refractivity contribution in [2.75, 3.05) is 34.7 Å². The molecular weight excluding hydrogens is 492 g/mol. The number of ether oxygens (including phenoxy) is 6. The number of Topliss-reactive ketones (excluding diaryl/α,β-unsaturated/α-hetero) is 1. The van der Waals surface area contributed by atoms with Gasteiger partial charge in [-0.25, -0.2) is 4.79 Å². The summed E-state index contributed by atoms with van der Waals surface area (Å²) in [5.41, 5.74) is 1.13. The number of rotatable bonds is 11. The van der Waals surface area contributed by atoms with Gasteiger partial charge < -0.3 is 33.5 Å². The molecule has 0 radical (unpaired) electrons. The summed E-state index contributed by atoms with van der Waals surface area (Å²) in [4.78, 5) is 26.6. The minimum atomic E-state index is -1.26. The fourth-order valence-electron chi connectivity index (χ4n) is 4.23. The van der Waals surface area contributed by atoms with Crippen LogP contribution in [0.2, 0.25) is 0 Å². The molecule has 0 atom stereocenters. The van der Waals surface area contributed by atoms with Crippen molar-refractivity contribution in [3.05, 3.63) is 76.9 Å². The van der Waals surface area contributed by atoms with E-state index in [9.17, 15) is 14.7 Å². The van der Waals surface area contributed by atoms with Crippen LogP contribution >= 0.6 is 0 Å². The maximum absolute atomic E-state index is 13.9. The fraction of sp³-hybridized carbons (Fsp3) is 0.241. The van der Waals surface area contributed by atoms with Crippen molar-refractivity contribution < 1.29 is 43.1 Å². The lowest BCUT2D eigenvalue weighted by molar-refractivity contribution is -0.130. The molecule has 1 N–H and O–H groups in total. The Morgan fingerprint density at radius 3 is 2.16 bits per heavy atom. The number of carbonyl (C=O) groups is 2. The summed E-state index contributed by atoms with van der Waals surface area (Å²) in [7, 11) is 4.52. The maximum Gasteiger partial charge on any atom is 0.336 e. The first-order valence-electron chi connectivity index (χ1n) is 11.8. The molecule has 0 amide bonds. The second kappa shape index (κ2) is 11.6. The quantitative estimate of drug-likeness (QED) is 0.281. The third-order valence-electron chi connectivity index (χ3n) is 5.99. The van der Waals surface area contributed by atoms with E-state index >= 15 is 0 Å². The standard InChI is InChI=1S/C29H28O9/c1-5-36-25-14-17(13-24(34-3)28(25)35-4)12-21(27(30)18-6-9-20(33-2)10-7-18)26(29(31)32)19-8-11-22-23(15-19)38-16-37-22/h6-11,13-15H,5,12,16H2,1-4H3,(H,31,32)/b26-21+. The van der Waals surface area contributed by atoms with Crippen molar-refractivity contribution in [2.24, 2.45) is 0 Å². The van der Waals surface area contributed by atoms with Gasteiger partial charge in [-0.3, -0.25) is 4.79 Å². The van der Waals surface area contributed by atoms with Gasteiger partial charge in [0.05, 0.1) is 33.5 Å². The number of hydrogen-bond acceptors (Lipinski definition) is 8. The van der Waals surface area contributed by atoms with Crippen LogP contribution in [0.4, 0.5) is 0 Å². The van der Waals surface area contributed by atoms with Gasteiger partial charge in [-0.2, -0.15) is 0 Å². The molecule has 3 aromatic rings. The number of carboxylic acids is 1. The first kappa shape index (κ1) is 26.4. The molecule has 9 heteroatoms. The number of aliphatic carboxylic acids is 1. The number of hydrogen-bond donors (Lipinski definition) is 1. The minimum Gasteiger partial charge on any atom is -0.497 e. The summed E-state index contributed by atoms with van der Waals surface area (Å²) >= 11 is 0. The van der Waals surface area contributed by atoms with Gasteiger partial charge in [0.2, 0.25) is 12.5 Å². The molecular formula is C29H28O9. The lowest BCUT2D eigenvalue weighted by Gasteiger charge is -2.17. The number of ketones is 1. The lowest BCUT2D eigenvalue weighted by atomic mass is 9.89. The molecule has 0 fully saturated rings. The Morgan fingerprint density at radius 1 is 0.842 bits per heavy atom. The van der Waals surface area contributed by atoms with Crippen LogP contribution in [-0.2, 0) is 11.2 Å². The van der Waals surface area contributed by atoms with E-state index in [1.165, 1.54) is 21.3 Å². The maximum atomic E-state index is 13.9. The molecule has 38 heavy (non-hydrogen) atoms. The van der Waals surface area contributed by atoms with Gasteiger partial charge in [-0.05, 0) is 66.6 Å². The average Bonchev–Trinajstić information content (AvgIpc) is 3.40. The average molecular weight is 521 g/mol. The van der Waals surface area contributed by atoms with Crippen LogP contribution in [0.5, 0.6) is 34.5 Å². The van der Waals surface area contributed by atoms with Gasteiger partial charge in [0.1, 0.15) is 5.75 Å². The Labute approximate surface area is 220 Å². The summed E-state index contributed by atoms with van der Waals surface area (Å²) in [5, 5.41) is 10.4. The zero-order chi connectivity index (χ0) is 27.2. The molecule has 1 heterocycles. The predicted molar refractivity (Wildman–Crippen MR) is 139 cm³/mol. The number of allylic oxidation sites excluding steroid dienone is 1. The van der Waals surface area contributed by atoms with Crippen LogP contribution in [0, 0.1) is 0 Å². The molecule has 4 rings (SSSR count). The molecule has 0 aromatic heterocycles. The summed E-state index contributed by atoms with van der Waals surface area (Å²) < 4.78 is 32.7. The van der Waals surface area contributed by atoms with E-state index < -0.39 is 11.8 Å². The zero-order valence-corrected chi connectivity index (χ0v) is 21.5. The highest BCUT2D eigenvalue weighted by atomic mass is 16.7. The SMILES string of the molecule is CCOc1cc(C/C(C(=O)c2ccc(OC)cc2)=C(\C(=O)O)c2ccc3c(c2)OCO3)cc(OC)c1OC. The van der Waals surface area contributed by atoms with Crippen LogP contribution in [0.15, 0.2) is 60.2 Å². The third kappa shape index (κ3) is 5.36. The smallest absolute Gasteiger partial charge is 0.336 e. The van der Waals surface area contributed by atoms with E-state index in [0.29, 0.717) is 57.8 Å². The van der Waals surface area contributed by atoms with Gasteiger partial charge >= 0.3 is 5.97 Å². The Balaban J connectivity index is 1.90. The van der Waals surface area contributed by atoms with Crippen LogP contribution in [-0.4, -0.2) is 51.6 Å². The van der Waals surface area contributed by atoms with Crippen molar-refractivity contribution in [1.29, 1.82) is 0 Å². The van der Waals surface area contributed by atoms with Crippen LogP contribution in [0.25, 0.3) is 5.57 Å². The summed E-state index contributed by atoms with van der Waals surface area (Å²) in [6.45, 7) is 2.24. The van der Waals surface area contributed by atoms with Gasteiger partial charge in [0.15, 0.2) is 28.8 Å². The van der Waals surface area contributed by atoms with Crippen molar-refractivity contribution in [3.63, 3.8) is 0 Å². The first-order valence-corrected chi connectivity index (χ1v) is 11.8. The van der Waals surface area contributed by atoms with Crippen molar-refractivity contribution in [2.45, 2.75) is 13.3 Å². The molecule has 0 unspecified atom stereocenters. The van der Waals surface area contributed by atoms with E-state index in [2.05, 4.69) is 0 Å². The zero-order valence-electron chi connectivity index (χ0n) is 21.5. The second-order valence-corrected chi connectivity index (χ2v) is 8.22. The molecule has 198 valence electrons. The Bertz CT molecular complexity index is 1370. The van der Waals surface area contributed by atoms with Crippen LogP contribution in [0.1, 0.15) is 28.4 Å². The van der Waals surface area contributed by atoms with E-state index in [-0.39, 0.29) is 24.4 Å². The normalized spacial score (nSPS) is 12.4. The Kier molecular flexibility index (Phi) is 8.06. The summed E-state index contributed by atoms with van der Waals surface area (Å²) in [6.07, 6.45) is -0.0264. The van der Waals surface area contributed by atoms with Crippen molar-refractivity contribution in [1.82, 2.24) is 0 Å². The fourth-order valence-corrected chi connectivity index (χ4v) is 4.23. The number of fused-ring (bicyclic) bond motifs is 1. The predicted octanol–water partition coefficient (Wildman–Crippen LogP) is 4.80. The van der Waals surface area contributed by atoms with Gasteiger partial charge in [-0.15, -0.1) is 0 Å². The molecule has 1 aliphatic rings. The van der Waals surface area contributed by atoms with Gasteiger partial charge in [-0.1, -0.05) is 6.07 Å². The molecule has 0 spiro atoms. The topological polar surface area (TPSA) is 110 Å². The summed E-state index contributed by atoms with van der Waals surface area (Å²) in [6, 6.07) is 14.7. The molecule has 9 nitrogen and oxygen atoms in total. The molecule has 1 aliphatic heterocycles. The first-order chi connectivity index (χ1) is 18.4. The second-order valence-electron chi connectivity index (χ2n) is 8.22. The number of carbonyl (C=O) groups excluding carboxylic acids is 1. The van der Waals surface area contributed by atoms with Crippen LogP contribution in [0.3, 0.4) is 0 Å². The molecule has 0 saturated heterocycles. The number of benzene rings is 3. The monoisotopic (exact) mass is 520 g/mol. The van der Waals surface area contributed by atoms with E-state index in [1.54, 1.807) is 54.6 Å². The molecule has 0 saturated carbocycles. The van der Waals surface area contributed by atoms with Crippen molar-refractivity contribution >= 4 is 17.3 Å². The number of methoxy groups -OCH3 is 3. The van der Waals surface area contributed by atoms with Crippen LogP contribution < -0.4 is 28.4 Å². The van der Waals surface area contributed by atoms with E-state index in [4.69, 9.17) is 28.4 Å². The van der Waals surface area contributed by atoms with E-state index in [1.807, 2.05) is 6.92 Å². The lowest BCUT2D eigenvalue weighted by Crippen LogP contribution is -2.14. The highest BCUT2D eigenvalue weighted by Crippen LogP contribution is 2.40. The Morgan fingerprint density at radius 2 is 1.53 bits per heavy atom. The third-order valence-corrected chi connectivity index (χ3v) is 5.99. The number of carboxylic acid groups (broad SMARTS) is 1. The van der Waals surface area contributed by atoms with Crippen molar-refractivity contribution in [3.8, 4) is 34.5 Å². The minimum absolute atomic E-state index is 0.0264. The Hall–Kier alpha value is -4.66. The highest BCUT2D eigenvalue weighted by Gasteiger charge is 2.27. The van der Waals surface area contributed by atoms with E-state index in [0.717, 1.165) is 0 Å². The summed E-state index contributed by atoms with van der Waals surface area (Å²) in [5.74, 6) is 0.985. The molecule has 3 aromatic carbocycles. The van der Waals surface area contributed by atoms with Gasteiger partial charge in [0, 0.05) is 17.6 Å². The largest absolute Gasteiger partial charge is 0.497 e. The molecule has 0 aliphatic carbocycles. The highest BCUT2D eigenvalue weighted by molar-refractivity contribution is 6.26. The molecule has 0 bridgehead atoms.